The third-order valence-electron chi connectivity index (χ3n) is 3.31. The monoisotopic (exact) mass is 300 g/mol. The maximum absolute atomic E-state index is 13.9. The lowest BCUT2D eigenvalue weighted by molar-refractivity contribution is -0.387. The van der Waals surface area contributed by atoms with Crippen LogP contribution >= 0.6 is 0 Å². The first kappa shape index (κ1) is 15.3. The fraction of sp³-hybridized carbons (Fsp3) is 0.462. The summed E-state index contributed by atoms with van der Waals surface area (Å²) in [4.78, 5) is 21.6. The number of carbonyl (C=O) groups is 1. The van der Waals surface area contributed by atoms with Gasteiger partial charge in [0.15, 0.2) is 0 Å². The lowest BCUT2D eigenvalue weighted by atomic mass is 10.0. The maximum Gasteiger partial charge on any atom is 0.305 e. The van der Waals surface area contributed by atoms with Gasteiger partial charge in [0.25, 0.3) is 5.91 Å². The summed E-state index contributed by atoms with van der Waals surface area (Å²) in [5.74, 6) is -3.58. The van der Waals surface area contributed by atoms with Crippen molar-refractivity contribution < 1.29 is 23.2 Å². The smallest absolute Gasteiger partial charge is 0.305 e. The number of ether oxygens (including phenoxy) is 1. The Morgan fingerprint density at radius 2 is 2.19 bits per heavy atom. The molecule has 6 nitrogen and oxygen atoms in total. The molecule has 2 atom stereocenters. The Kier molecular flexibility index (Phi) is 4.46. The second kappa shape index (κ2) is 6.13. The van der Waals surface area contributed by atoms with Gasteiger partial charge < -0.3 is 10.1 Å². The number of hydrogen-bond acceptors (Lipinski definition) is 4. The lowest BCUT2D eigenvalue weighted by Crippen LogP contribution is -2.41. The number of carbonyl (C=O) groups excluding carboxylic acids is 1. The van der Waals surface area contributed by atoms with E-state index in [4.69, 9.17) is 4.74 Å². The van der Waals surface area contributed by atoms with Gasteiger partial charge >= 0.3 is 5.69 Å². The van der Waals surface area contributed by atoms with Gasteiger partial charge in [-0.1, -0.05) is 0 Å². The van der Waals surface area contributed by atoms with Crippen molar-refractivity contribution in [1.29, 1.82) is 0 Å². The van der Waals surface area contributed by atoms with Gasteiger partial charge in [0.1, 0.15) is 11.4 Å². The van der Waals surface area contributed by atoms with Crippen molar-refractivity contribution in [3.8, 4) is 0 Å². The van der Waals surface area contributed by atoms with Crippen molar-refractivity contribution in [2.75, 3.05) is 6.61 Å². The molecule has 1 fully saturated rings. The Morgan fingerprint density at radius 3 is 2.81 bits per heavy atom. The SMILES string of the molecule is CC1CC(NC(=O)c2c(F)ccc([N+](=O)[O-])c2F)CCO1. The van der Waals surface area contributed by atoms with E-state index in [2.05, 4.69) is 5.32 Å². The normalized spacial score (nSPS) is 21.9. The Bertz CT molecular complexity index is 580. The van der Waals surface area contributed by atoms with E-state index in [0.717, 1.165) is 0 Å². The van der Waals surface area contributed by atoms with E-state index in [0.29, 0.717) is 31.6 Å². The first-order valence-electron chi connectivity index (χ1n) is 6.45. The molecule has 0 spiro atoms. The molecule has 0 aliphatic carbocycles. The summed E-state index contributed by atoms with van der Waals surface area (Å²) in [7, 11) is 0. The van der Waals surface area contributed by atoms with E-state index in [9.17, 15) is 23.7 Å². The number of nitro groups is 1. The van der Waals surface area contributed by atoms with Crippen LogP contribution in [0.25, 0.3) is 0 Å². The number of nitrogens with one attached hydrogen (secondary N) is 1. The van der Waals surface area contributed by atoms with Crippen LogP contribution in [0.4, 0.5) is 14.5 Å². The minimum absolute atomic E-state index is 0.0659. The van der Waals surface area contributed by atoms with E-state index < -0.39 is 33.7 Å². The van der Waals surface area contributed by atoms with Gasteiger partial charge in [-0.3, -0.25) is 14.9 Å². The highest BCUT2D eigenvalue weighted by Gasteiger charge is 2.28. The summed E-state index contributed by atoms with van der Waals surface area (Å²) in [5.41, 5.74) is -1.86. The quantitative estimate of drug-likeness (QED) is 0.685. The minimum atomic E-state index is -1.46. The topological polar surface area (TPSA) is 81.5 Å². The van der Waals surface area contributed by atoms with Crippen LogP contribution in [0, 0.1) is 21.7 Å². The van der Waals surface area contributed by atoms with E-state index in [1.807, 2.05) is 6.92 Å². The summed E-state index contributed by atoms with van der Waals surface area (Å²) in [6, 6.07) is 1.13. The van der Waals surface area contributed by atoms with Crippen molar-refractivity contribution in [2.24, 2.45) is 0 Å². The van der Waals surface area contributed by atoms with Crippen LogP contribution in [0.1, 0.15) is 30.1 Å². The van der Waals surface area contributed by atoms with Crippen LogP contribution in [0.2, 0.25) is 0 Å². The first-order chi connectivity index (χ1) is 9.90. The van der Waals surface area contributed by atoms with Crippen LogP contribution in [0.3, 0.4) is 0 Å². The van der Waals surface area contributed by atoms with E-state index in [-0.39, 0.29) is 12.1 Å². The maximum atomic E-state index is 13.9. The molecular weight excluding hydrogens is 286 g/mol. The van der Waals surface area contributed by atoms with Crippen LogP contribution in [0.5, 0.6) is 0 Å². The van der Waals surface area contributed by atoms with Crippen molar-refractivity contribution >= 4 is 11.6 Å². The number of benzene rings is 1. The van der Waals surface area contributed by atoms with E-state index >= 15 is 0 Å². The molecule has 1 amide bonds. The van der Waals surface area contributed by atoms with Gasteiger partial charge in [-0.15, -0.1) is 0 Å². The second-order valence-corrected chi connectivity index (χ2v) is 4.89. The summed E-state index contributed by atoms with van der Waals surface area (Å²) < 4.78 is 32.8. The third-order valence-corrected chi connectivity index (χ3v) is 3.31. The third kappa shape index (κ3) is 3.33. The minimum Gasteiger partial charge on any atom is -0.378 e. The molecule has 1 aromatic rings. The van der Waals surface area contributed by atoms with Gasteiger partial charge in [-0.2, -0.15) is 4.39 Å². The largest absolute Gasteiger partial charge is 0.378 e. The van der Waals surface area contributed by atoms with Gasteiger partial charge in [0, 0.05) is 18.7 Å². The molecule has 2 unspecified atom stereocenters. The summed E-state index contributed by atoms with van der Waals surface area (Å²) >= 11 is 0. The van der Waals surface area contributed by atoms with Gasteiger partial charge in [-0.05, 0) is 25.8 Å². The molecule has 0 aromatic heterocycles. The number of amides is 1. The molecule has 1 saturated heterocycles. The molecule has 0 saturated carbocycles. The number of hydrogen-bond donors (Lipinski definition) is 1. The molecule has 1 aromatic carbocycles. The van der Waals surface area contributed by atoms with E-state index in [1.54, 1.807) is 0 Å². The Labute approximate surface area is 119 Å². The Balaban J connectivity index is 2.22. The lowest BCUT2D eigenvalue weighted by Gasteiger charge is -2.28. The van der Waals surface area contributed by atoms with Gasteiger partial charge in [0.2, 0.25) is 5.82 Å². The molecular formula is C13H14F2N2O4. The zero-order chi connectivity index (χ0) is 15.6. The molecule has 114 valence electrons. The Hall–Kier alpha value is -2.09. The number of nitro benzene ring substituents is 1. The van der Waals surface area contributed by atoms with Crippen LogP contribution < -0.4 is 5.32 Å². The Morgan fingerprint density at radius 1 is 1.48 bits per heavy atom. The summed E-state index contributed by atoms with van der Waals surface area (Å²) in [5, 5.41) is 13.1. The predicted molar refractivity (Wildman–Crippen MR) is 68.9 cm³/mol. The highest BCUT2D eigenvalue weighted by Crippen LogP contribution is 2.23. The number of rotatable bonds is 3. The van der Waals surface area contributed by atoms with Crippen molar-refractivity contribution in [3.63, 3.8) is 0 Å². The predicted octanol–water partition coefficient (Wildman–Crippen LogP) is 2.17. The number of halogens is 2. The van der Waals surface area contributed by atoms with Crippen molar-refractivity contribution in [2.45, 2.75) is 31.9 Å². The summed E-state index contributed by atoms with van der Waals surface area (Å²) in [6.07, 6.45) is 0.974. The first-order valence-corrected chi connectivity index (χ1v) is 6.45. The van der Waals surface area contributed by atoms with Gasteiger partial charge in [-0.25, -0.2) is 4.39 Å². The van der Waals surface area contributed by atoms with Crippen LogP contribution in [-0.2, 0) is 4.74 Å². The molecule has 1 N–H and O–H groups in total. The van der Waals surface area contributed by atoms with E-state index in [1.165, 1.54) is 0 Å². The second-order valence-electron chi connectivity index (χ2n) is 4.89. The highest BCUT2D eigenvalue weighted by molar-refractivity contribution is 5.95. The molecule has 1 aliphatic heterocycles. The average molecular weight is 300 g/mol. The fourth-order valence-corrected chi connectivity index (χ4v) is 2.28. The van der Waals surface area contributed by atoms with Crippen LogP contribution in [-0.4, -0.2) is 29.6 Å². The molecule has 0 radical (unpaired) electrons. The molecule has 1 aliphatic rings. The van der Waals surface area contributed by atoms with Crippen molar-refractivity contribution in [3.05, 3.63) is 39.4 Å². The standard InChI is InChI=1S/C13H14F2N2O4/c1-7-6-8(4-5-21-7)16-13(18)11-9(14)2-3-10(12(11)15)17(19)20/h2-3,7-8H,4-6H2,1H3,(H,16,18). The number of nitrogens with zero attached hydrogens (tertiary/aromatic N) is 1. The van der Waals surface area contributed by atoms with Crippen molar-refractivity contribution in [1.82, 2.24) is 5.32 Å². The average Bonchev–Trinajstić information content (AvgIpc) is 2.38. The molecule has 0 bridgehead atoms. The molecule has 1 heterocycles. The van der Waals surface area contributed by atoms with Crippen LogP contribution in [0.15, 0.2) is 12.1 Å². The zero-order valence-corrected chi connectivity index (χ0v) is 11.3. The van der Waals surface area contributed by atoms with Gasteiger partial charge in [0.05, 0.1) is 11.0 Å². The molecule has 8 heteroatoms. The summed E-state index contributed by atoms with van der Waals surface area (Å²) in [6.45, 7) is 2.26. The zero-order valence-electron chi connectivity index (χ0n) is 11.3. The molecule has 2 rings (SSSR count). The molecule has 21 heavy (non-hydrogen) atoms. The highest BCUT2D eigenvalue weighted by atomic mass is 19.1. The fourth-order valence-electron chi connectivity index (χ4n) is 2.28.